The summed E-state index contributed by atoms with van der Waals surface area (Å²) in [5, 5.41) is 3.14. The van der Waals surface area contributed by atoms with Gasteiger partial charge in [-0.3, -0.25) is 4.39 Å². The first-order valence-electron chi connectivity index (χ1n) is 6.24. The van der Waals surface area contributed by atoms with Gasteiger partial charge in [0.05, 0.1) is 6.67 Å². The predicted molar refractivity (Wildman–Crippen MR) is 65.7 cm³/mol. The van der Waals surface area contributed by atoms with E-state index in [0.717, 1.165) is 5.56 Å². The molecule has 1 fully saturated rings. The molecule has 0 spiro atoms. The zero-order valence-electron chi connectivity index (χ0n) is 9.96. The van der Waals surface area contributed by atoms with Crippen molar-refractivity contribution in [1.29, 1.82) is 0 Å². The summed E-state index contributed by atoms with van der Waals surface area (Å²) < 4.78 is 27.6. The molecule has 1 N–H and O–H groups in total. The van der Waals surface area contributed by atoms with Crippen molar-refractivity contribution in [2.24, 2.45) is 0 Å². The van der Waals surface area contributed by atoms with E-state index in [1.807, 2.05) is 30.3 Å². The lowest BCUT2D eigenvalue weighted by molar-refractivity contribution is 0.0911. The smallest absolute Gasteiger partial charge is 0.114 e. The first-order valence-corrected chi connectivity index (χ1v) is 6.24. The molecule has 0 aliphatic carbocycles. The third-order valence-electron chi connectivity index (χ3n) is 3.57. The minimum absolute atomic E-state index is 0.301. The van der Waals surface area contributed by atoms with Crippen LogP contribution in [0.5, 0.6) is 0 Å². The maximum atomic E-state index is 14.5. The van der Waals surface area contributed by atoms with Gasteiger partial charge in [0, 0.05) is 5.92 Å². The third kappa shape index (κ3) is 3.25. The minimum atomic E-state index is -1.20. The average Bonchev–Trinajstić information content (AvgIpc) is 2.38. The van der Waals surface area contributed by atoms with E-state index in [9.17, 15) is 8.78 Å². The minimum Gasteiger partial charge on any atom is -0.316 e. The maximum absolute atomic E-state index is 14.5. The molecule has 1 aromatic carbocycles. The number of hydrogen-bond donors (Lipinski definition) is 1. The van der Waals surface area contributed by atoms with Gasteiger partial charge in [0.1, 0.15) is 5.67 Å². The van der Waals surface area contributed by atoms with Crippen LogP contribution in [0.2, 0.25) is 0 Å². The van der Waals surface area contributed by atoms with Crippen molar-refractivity contribution >= 4 is 0 Å². The normalized spacial score (nSPS) is 21.1. The van der Waals surface area contributed by atoms with Crippen LogP contribution >= 0.6 is 0 Å². The van der Waals surface area contributed by atoms with Gasteiger partial charge in [-0.05, 0) is 37.9 Å². The van der Waals surface area contributed by atoms with Gasteiger partial charge in [-0.25, -0.2) is 4.39 Å². The van der Waals surface area contributed by atoms with Crippen molar-refractivity contribution in [3.8, 4) is 0 Å². The number of alkyl halides is 2. The summed E-state index contributed by atoms with van der Waals surface area (Å²) >= 11 is 0. The predicted octanol–water partition coefficient (Wildman–Crippen LogP) is 3.22. The monoisotopic (exact) mass is 239 g/mol. The van der Waals surface area contributed by atoms with Crippen LogP contribution in [-0.2, 0) is 0 Å². The van der Waals surface area contributed by atoms with Gasteiger partial charge in [0.2, 0.25) is 0 Å². The van der Waals surface area contributed by atoms with E-state index in [2.05, 4.69) is 5.32 Å². The second kappa shape index (κ2) is 5.58. The van der Waals surface area contributed by atoms with Crippen molar-refractivity contribution in [1.82, 2.24) is 5.32 Å². The molecule has 17 heavy (non-hydrogen) atoms. The molecule has 0 aromatic heterocycles. The lowest BCUT2D eigenvalue weighted by Gasteiger charge is -2.32. The van der Waals surface area contributed by atoms with E-state index in [-0.39, 0.29) is 5.92 Å². The first kappa shape index (κ1) is 12.5. The zero-order valence-corrected chi connectivity index (χ0v) is 9.96. The molecule has 1 unspecified atom stereocenters. The highest BCUT2D eigenvalue weighted by Crippen LogP contribution is 2.35. The second-order valence-electron chi connectivity index (χ2n) is 4.87. The molecule has 1 aliphatic rings. The van der Waals surface area contributed by atoms with Crippen LogP contribution in [0.1, 0.15) is 30.7 Å². The number of piperidine rings is 1. The van der Waals surface area contributed by atoms with Crippen molar-refractivity contribution in [2.75, 3.05) is 19.8 Å². The molecule has 2 rings (SSSR count). The Morgan fingerprint density at radius 1 is 1.18 bits per heavy atom. The Morgan fingerprint density at radius 3 is 2.41 bits per heavy atom. The second-order valence-corrected chi connectivity index (χ2v) is 4.87. The molecular formula is C14H19F2N. The van der Waals surface area contributed by atoms with Crippen LogP contribution in [0.4, 0.5) is 8.78 Å². The summed E-state index contributed by atoms with van der Waals surface area (Å²) in [7, 11) is 0. The topological polar surface area (TPSA) is 12.0 Å². The maximum Gasteiger partial charge on any atom is 0.114 e. The fraction of sp³-hybridized carbons (Fsp3) is 0.571. The van der Waals surface area contributed by atoms with Crippen molar-refractivity contribution < 1.29 is 8.78 Å². The summed E-state index contributed by atoms with van der Waals surface area (Å²) in [6.45, 7) is 0.914. The molecule has 1 atom stereocenters. The van der Waals surface area contributed by atoms with Crippen LogP contribution < -0.4 is 5.32 Å². The van der Waals surface area contributed by atoms with Crippen molar-refractivity contribution in [2.45, 2.75) is 30.8 Å². The van der Waals surface area contributed by atoms with Crippen LogP contribution in [-0.4, -0.2) is 25.4 Å². The summed E-state index contributed by atoms with van der Waals surface area (Å²) in [4.78, 5) is 0. The van der Waals surface area contributed by atoms with Crippen LogP contribution in [0.15, 0.2) is 30.3 Å². The lowest BCUT2D eigenvalue weighted by atomic mass is 9.82. The highest BCUT2D eigenvalue weighted by molar-refractivity contribution is 5.20. The highest BCUT2D eigenvalue weighted by atomic mass is 19.1. The number of nitrogens with one attached hydrogen (secondary N) is 1. The Kier molecular flexibility index (Phi) is 4.11. The average molecular weight is 239 g/mol. The van der Waals surface area contributed by atoms with Gasteiger partial charge in [0.15, 0.2) is 0 Å². The molecular weight excluding hydrogens is 220 g/mol. The molecule has 94 valence electrons. The SMILES string of the molecule is FCC(CC1(F)CCNCC1)c1ccccc1. The zero-order chi connectivity index (χ0) is 12.1. The fourth-order valence-electron chi connectivity index (χ4n) is 2.51. The largest absolute Gasteiger partial charge is 0.316 e. The summed E-state index contributed by atoms with van der Waals surface area (Å²) in [6.07, 6.45) is 1.29. The summed E-state index contributed by atoms with van der Waals surface area (Å²) in [6, 6.07) is 9.43. The summed E-state index contributed by atoms with van der Waals surface area (Å²) in [5.74, 6) is -0.306. The summed E-state index contributed by atoms with van der Waals surface area (Å²) in [5.41, 5.74) is -0.289. The fourth-order valence-corrected chi connectivity index (χ4v) is 2.51. The molecule has 0 saturated carbocycles. The third-order valence-corrected chi connectivity index (χ3v) is 3.57. The van der Waals surface area contributed by atoms with Crippen LogP contribution in [0.3, 0.4) is 0 Å². The van der Waals surface area contributed by atoms with E-state index in [1.165, 1.54) is 0 Å². The Balaban J connectivity index is 2.04. The molecule has 1 heterocycles. The van der Waals surface area contributed by atoms with Gasteiger partial charge in [0.25, 0.3) is 0 Å². The van der Waals surface area contributed by atoms with E-state index < -0.39 is 12.3 Å². The van der Waals surface area contributed by atoms with Gasteiger partial charge in [-0.15, -0.1) is 0 Å². The Bertz CT molecular complexity index is 333. The molecule has 1 saturated heterocycles. The van der Waals surface area contributed by atoms with Gasteiger partial charge < -0.3 is 5.32 Å². The van der Waals surface area contributed by atoms with E-state index in [0.29, 0.717) is 32.4 Å². The van der Waals surface area contributed by atoms with Gasteiger partial charge in [-0.2, -0.15) is 0 Å². The molecule has 1 nitrogen and oxygen atoms in total. The molecule has 1 aliphatic heterocycles. The van der Waals surface area contributed by atoms with Crippen molar-refractivity contribution in [3.63, 3.8) is 0 Å². The highest BCUT2D eigenvalue weighted by Gasteiger charge is 2.34. The number of benzene rings is 1. The number of hydrogen-bond acceptors (Lipinski definition) is 1. The van der Waals surface area contributed by atoms with Crippen molar-refractivity contribution in [3.05, 3.63) is 35.9 Å². The molecule has 3 heteroatoms. The standard InChI is InChI=1S/C14H19F2N/c15-11-13(12-4-2-1-3-5-12)10-14(16)6-8-17-9-7-14/h1-5,13,17H,6-11H2. The van der Waals surface area contributed by atoms with Crippen LogP contribution in [0.25, 0.3) is 0 Å². The van der Waals surface area contributed by atoms with Gasteiger partial charge in [-0.1, -0.05) is 30.3 Å². The van der Waals surface area contributed by atoms with E-state index in [1.54, 1.807) is 0 Å². The first-order chi connectivity index (χ1) is 8.23. The Hall–Kier alpha value is -0.960. The van der Waals surface area contributed by atoms with Gasteiger partial charge >= 0.3 is 0 Å². The Labute approximate surface area is 101 Å². The number of rotatable bonds is 4. The molecule has 1 aromatic rings. The lowest BCUT2D eigenvalue weighted by Crippen LogP contribution is -2.39. The molecule has 0 bridgehead atoms. The quantitative estimate of drug-likeness (QED) is 0.850. The number of halogens is 2. The molecule has 0 amide bonds. The Morgan fingerprint density at radius 2 is 1.82 bits per heavy atom. The van der Waals surface area contributed by atoms with E-state index >= 15 is 0 Å². The molecule has 0 radical (unpaired) electrons. The van der Waals surface area contributed by atoms with Crippen LogP contribution in [0, 0.1) is 0 Å². The van der Waals surface area contributed by atoms with E-state index in [4.69, 9.17) is 0 Å².